The molecule has 0 saturated carbocycles. The van der Waals surface area contributed by atoms with E-state index in [1.54, 1.807) is 6.92 Å². The van der Waals surface area contributed by atoms with E-state index in [9.17, 15) is 4.79 Å². The number of rotatable bonds is 2. The van der Waals surface area contributed by atoms with Crippen molar-refractivity contribution in [3.05, 3.63) is 35.7 Å². The molecule has 0 spiro atoms. The summed E-state index contributed by atoms with van der Waals surface area (Å²) in [5.74, 6) is 0.149. The Bertz CT molecular complexity index is 786. The summed E-state index contributed by atoms with van der Waals surface area (Å²) >= 11 is 0. The molecule has 1 fully saturated rings. The molecule has 1 amide bonds. The van der Waals surface area contributed by atoms with Crippen LogP contribution in [0.5, 0.6) is 0 Å². The molecule has 5 nitrogen and oxygen atoms in total. The highest BCUT2D eigenvalue weighted by molar-refractivity contribution is 5.96. The number of pyridine rings is 1. The van der Waals surface area contributed by atoms with E-state index in [4.69, 9.17) is 5.73 Å². The van der Waals surface area contributed by atoms with Crippen molar-refractivity contribution in [1.29, 1.82) is 0 Å². The number of benzene rings is 1. The van der Waals surface area contributed by atoms with Crippen LogP contribution in [-0.4, -0.2) is 42.0 Å². The van der Waals surface area contributed by atoms with Gasteiger partial charge in [-0.2, -0.15) is 0 Å². The molecule has 1 aromatic carbocycles. The molecule has 0 radical (unpaired) electrons. The minimum absolute atomic E-state index is 0.0865. The van der Waals surface area contributed by atoms with E-state index >= 15 is 0 Å². The number of hydrogen-bond acceptors (Lipinski definition) is 4. The summed E-state index contributed by atoms with van der Waals surface area (Å²) in [6.45, 7) is 11.9. The number of amides is 1. The van der Waals surface area contributed by atoms with Gasteiger partial charge in [0.1, 0.15) is 0 Å². The third kappa shape index (κ3) is 3.47. The first-order chi connectivity index (χ1) is 11.8. The lowest BCUT2D eigenvalue weighted by atomic mass is 9.85. The summed E-state index contributed by atoms with van der Waals surface area (Å²) in [7, 11) is 0. The molecule has 0 bridgehead atoms. The summed E-state index contributed by atoms with van der Waals surface area (Å²) in [5, 5.41) is 2.33. The molecule has 0 atom stereocenters. The Kier molecular flexibility index (Phi) is 4.69. The highest BCUT2D eigenvalue weighted by atomic mass is 16.2. The lowest BCUT2D eigenvalue weighted by Crippen LogP contribution is -2.48. The second-order valence-electron chi connectivity index (χ2n) is 7.80. The van der Waals surface area contributed by atoms with Gasteiger partial charge in [-0.15, -0.1) is 0 Å². The molecule has 1 aliphatic rings. The van der Waals surface area contributed by atoms with Gasteiger partial charge in [0.2, 0.25) is 5.91 Å². The number of carbonyl (C=O) groups is 1. The second kappa shape index (κ2) is 6.64. The molecule has 2 heterocycles. The molecule has 3 rings (SSSR count). The van der Waals surface area contributed by atoms with Crippen LogP contribution in [0.2, 0.25) is 0 Å². The summed E-state index contributed by atoms with van der Waals surface area (Å²) in [6, 6.07) is 6.64. The monoisotopic (exact) mass is 340 g/mol. The van der Waals surface area contributed by atoms with Crippen molar-refractivity contribution in [3.63, 3.8) is 0 Å². The maximum atomic E-state index is 11.6. The van der Waals surface area contributed by atoms with Crippen molar-refractivity contribution in [2.75, 3.05) is 31.1 Å². The molecular weight excluding hydrogens is 312 g/mol. The molecular formula is C20H28N4O. The molecule has 1 aliphatic heterocycles. The Hall–Kier alpha value is -2.14. The third-order valence-electron chi connectivity index (χ3n) is 5.07. The van der Waals surface area contributed by atoms with Gasteiger partial charge in [-0.1, -0.05) is 32.9 Å². The summed E-state index contributed by atoms with van der Waals surface area (Å²) in [4.78, 5) is 20.4. The fourth-order valence-electron chi connectivity index (χ4n) is 3.43. The first kappa shape index (κ1) is 17.7. The van der Waals surface area contributed by atoms with Crippen LogP contribution in [0.15, 0.2) is 24.4 Å². The van der Waals surface area contributed by atoms with Crippen LogP contribution in [-0.2, 0) is 16.8 Å². The predicted molar refractivity (Wildman–Crippen MR) is 103 cm³/mol. The number of carbonyl (C=O) groups excluding carboxylic acids is 1. The van der Waals surface area contributed by atoms with E-state index in [2.05, 4.69) is 48.9 Å². The first-order valence-corrected chi connectivity index (χ1v) is 8.94. The summed E-state index contributed by atoms with van der Waals surface area (Å²) in [6.07, 6.45) is 1.94. The molecule has 1 aromatic heterocycles. The smallest absolute Gasteiger partial charge is 0.219 e. The molecule has 5 heteroatoms. The summed E-state index contributed by atoms with van der Waals surface area (Å²) in [5.41, 5.74) is 9.38. The Morgan fingerprint density at radius 2 is 1.84 bits per heavy atom. The second-order valence-corrected chi connectivity index (χ2v) is 7.80. The van der Waals surface area contributed by atoms with Crippen molar-refractivity contribution in [3.8, 4) is 0 Å². The molecule has 0 unspecified atom stereocenters. The Morgan fingerprint density at radius 1 is 1.16 bits per heavy atom. The predicted octanol–water partition coefficient (Wildman–Crippen LogP) is 2.66. The number of fused-ring (bicyclic) bond motifs is 1. The largest absolute Gasteiger partial charge is 0.366 e. The molecule has 25 heavy (non-hydrogen) atoms. The van der Waals surface area contributed by atoms with Gasteiger partial charge in [-0.3, -0.25) is 9.78 Å². The number of hydrogen-bond donors (Lipinski definition) is 1. The third-order valence-corrected chi connectivity index (χ3v) is 5.07. The topological polar surface area (TPSA) is 62.5 Å². The Labute approximate surface area is 149 Å². The van der Waals surface area contributed by atoms with Crippen LogP contribution in [0.25, 0.3) is 10.8 Å². The normalized spacial score (nSPS) is 15.7. The molecule has 134 valence electrons. The molecule has 2 aromatic rings. The van der Waals surface area contributed by atoms with Crippen LogP contribution >= 0.6 is 0 Å². The van der Waals surface area contributed by atoms with Crippen molar-refractivity contribution < 1.29 is 4.79 Å². The lowest BCUT2D eigenvalue weighted by molar-refractivity contribution is -0.129. The van der Waals surface area contributed by atoms with Crippen molar-refractivity contribution in [2.24, 2.45) is 5.73 Å². The van der Waals surface area contributed by atoms with E-state index in [0.29, 0.717) is 6.54 Å². The average molecular weight is 340 g/mol. The van der Waals surface area contributed by atoms with Crippen LogP contribution in [0.4, 0.5) is 5.69 Å². The zero-order chi connectivity index (χ0) is 18.2. The van der Waals surface area contributed by atoms with E-state index in [0.717, 1.165) is 42.9 Å². The quantitative estimate of drug-likeness (QED) is 0.913. The molecule has 0 aliphatic carbocycles. The zero-order valence-corrected chi connectivity index (χ0v) is 15.7. The number of piperazine rings is 1. The molecule has 2 N–H and O–H groups in total. The van der Waals surface area contributed by atoms with Crippen LogP contribution in [0, 0.1) is 0 Å². The highest BCUT2D eigenvalue weighted by Crippen LogP contribution is 2.32. The minimum Gasteiger partial charge on any atom is -0.366 e. The van der Waals surface area contributed by atoms with Gasteiger partial charge in [-0.05, 0) is 17.0 Å². The van der Waals surface area contributed by atoms with Gasteiger partial charge >= 0.3 is 0 Å². The van der Waals surface area contributed by atoms with Gasteiger partial charge in [-0.25, -0.2) is 0 Å². The fourth-order valence-corrected chi connectivity index (χ4v) is 3.43. The van der Waals surface area contributed by atoms with Crippen LogP contribution in [0.1, 0.15) is 39.0 Å². The van der Waals surface area contributed by atoms with Crippen LogP contribution in [0.3, 0.4) is 0 Å². The van der Waals surface area contributed by atoms with Gasteiger partial charge in [0.05, 0.1) is 17.6 Å². The fraction of sp³-hybridized carbons (Fsp3) is 0.500. The summed E-state index contributed by atoms with van der Waals surface area (Å²) < 4.78 is 0. The number of nitrogens with zero attached hydrogens (tertiary/aromatic N) is 3. The SMILES string of the molecule is CC(=O)N1CCN(c2cnc(CN)c3cc(C(C)(C)C)ccc23)CC1. The van der Waals surface area contributed by atoms with Crippen LogP contribution < -0.4 is 10.6 Å². The van der Waals surface area contributed by atoms with E-state index < -0.39 is 0 Å². The maximum Gasteiger partial charge on any atom is 0.219 e. The molecule has 1 saturated heterocycles. The van der Waals surface area contributed by atoms with Gasteiger partial charge < -0.3 is 15.5 Å². The highest BCUT2D eigenvalue weighted by Gasteiger charge is 2.22. The number of aromatic nitrogens is 1. The van der Waals surface area contributed by atoms with E-state index in [1.807, 2.05) is 11.1 Å². The lowest BCUT2D eigenvalue weighted by Gasteiger charge is -2.36. The Morgan fingerprint density at radius 3 is 2.40 bits per heavy atom. The average Bonchev–Trinajstić information content (AvgIpc) is 2.59. The van der Waals surface area contributed by atoms with Gasteiger partial charge in [0.25, 0.3) is 0 Å². The van der Waals surface area contributed by atoms with E-state index in [1.165, 1.54) is 10.9 Å². The van der Waals surface area contributed by atoms with Crippen molar-refractivity contribution in [2.45, 2.75) is 39.7 Å². The maximum absolute atomic E-state index is 11.6. The van der Waals surface area contributed by atoms with Crippen molar-refractivity contribution in [1.82, 2.24) is 9.88 Å². The van der Waals surface area contributed by atoms with Crippen molar-refractivity contribution >= 4 is 22.4 Å². The number of anilines is 1. The van der Waals surface area contributed by atoms with Gasteiger partial charge in [0.15, 0.2) is 0 Å². The first-order valence-electron chi connectivity index (χ1n) is 8.94. The van der Waals surface area contributed by atoms with E-state index in [-0.39, 0.29) is 11.3 Å². The standard InChI is InChI=1S/C20H28N4O/c1-14(25)23-7-9-24(10-8-23)19-13-22-18(12-21)17-11-15(20(2,3)4)5-6-16(17)19/h5-6,11,13H,7-10,12,21H2,1-4H3. The Balaban J connectivity index is 2.01. The zero-order valence-electron chi connectivity index (χ0n) is 15.7. The van der Waals surface area contributed by atoms with Gasteiger partial charge in [0, 0.05) is 50.4 Å². The number of nitrogens with two attached hydrogens (primary N) is 1. The minimum atomic E-state index is 0.0865.